The molecule has 0 saturated heterocycles. The van der Waals surface area contributed by atoms with Crippen molar-refractivity contribution >= 4 is 33.5 Å². The fraction of sp³-hybridized carbons (Fsp3) is 0.375. The topological polar surface area (TPSA) is 55.4 Å². The van der Waals surface area contributed by atoms with E-state index in [0.717, 1.165) is 12.8 Å². The minimum atomic E-state index is -0.971. The predicted octanol–water partition coefficient (Wildman–Crippen LogP) is 3.81. The quantitative estimate of drug-likeness (QED) is 0.648. The van der Waals surface area contributed by atoms with Crippen LogP contribution in [-0.2, 0) is 14.3 Å². The Morgan fingerprint density at radius 1 is 1.41 bits per heavy atom. The molecule has 2 rings (SSSR count). The second-order valence-electron chi connectivity index (χ2n) is 5.17. The number of hydrogen-bond donors (Lipinski definition) is 1. The van der Waals surface area contributed by atoms with Crippen molar-refractivity contribution in [2.45, 2.75) is 32.3 Å². The number of anilines is 1. The minimum Gasteiger partial charge on any atom is -0.452 e. The summed E-state index contributed by atoms with van der Waals surface area (Å²) in [5.74, 6) is -1.70. The first kappa shape index (κ1) is 16.7. The molecule has 22 heavy (non-hydrogen) atoms. The molecule has 0 saturated carbocycles. The normalized spacial score (nSPS) is 18.6. The molecular weight excluding hydrogens is 353 g/mol. The summed E-state index contributed by atoms with van der Waals surface area (Å²) < 4.78 is 19.4. The van der Waals surface area contributed by atoms with Crippen molar-refractivity contribution < 1.29 is 18.7 Å². The lowest BCUT2D eigenvalue weighted by molar-refractivity contribution is -0.157. The number of ether oxygens (including phenoxy) is 1. The molecule has 2 atom stereocenters. The van der Waals surface area contributed by atoms with Crippen molar-refractivity contribution in [3.8, 4) is 0 Å². The van der Waals surface area contributed by atoms with Gasteiger partial charge in [-0.25, -0.2) is 4.39 Å². The largest absolute Gasteiger partial charge is 0.452 e. The number of hydrogen-bond acceptors (Lipinski definition) is 3. The van der Waals surface area contributed by atoms with Crippen LogP contribution in [0.1, 0.15) is 26.2 Å². The van der Waals surface area contributed by atoms with Crippen LogP contribution in [0.3, 0.4) is 0 Å². The van der Waals surface area contributed by atoms with Crippen LogP contribution in [0.15, 0.2) is 34.8 Å². The zero-order valence-electron chi connectivity index (χ0n) is 12.1. The lowest BCUT2D eigenvalue weighted by atomic mass is 9.95. The molecule has 0 aliphatic heterocycles. The van der Waals surface area contributed by atoms with Gasteiger partial charge >= 0.3 is 5.97 Å². The Kier molecular flexibility index (Phi) is 5.71. The van der Waals surface area contributed by atoms with E-state index in [2.05, 4.69) is 21.2 Å². The highest BCUT2D eigenvalue weighted by Gasteiger charge is 2.25. The highest BCUT2D eigenvalue weighted by Crippen LogP contribution is 2.21. The van der Waals surface area contributed by atoms with E-state index in [-0.39, 0.29) is 17.6 Å². The van der Waals surface area contributed by atoms with Gasteiger partial charge in [0.25, 0.3) is 5.91 Å². The second kappa shape index (κ2) is 7.54. The Hall–Kier alpha value is -1.69. The monoisotopic (exact) mass is 369 g/mol. The highest BCUT2D eigenvalue weighted by molar-refractivity contribution is 9.10. The number of allylic oxidation sites excluding steroid dienone is 2. The van der Waals surface area contributed by atoms with E-state index in [1.165, 1.54) is 19.1 Å². The van der Waals surface area contributed by atoms with Crippen LogP contribution in [0.5, 0.6) is 0 Å². The maximum atomic E-state index is 13.7. The number of esters is 1. The Morgan fingerprint density at radius 2 is 2.18 bits per heavy atom. The molecule has 0 spiro atoms. The summed E-state index contributed by atoms with van der Waals surface area (Å²) in [5, 5.41) is 2.42. The Morgan fingerprint density at radius 3 is 2.82 bits per heavy atom. The average molecular weight is 370 g/mol. The molecular formula is C16H17BrFNO3. The van der Waals surface area contributed by atoms with E-state index in [1.807, 2.05) is 12.2 Å². The number of halogens is 2. The molecule has 0 unspecified atom stereocenters. The number of amides is 1. The van der Waals surface area contributed by atoms with E-state index in [0.29, 0.717) is 10.9 Å². The van der Waals surface area contributed by atoms with Crippen LogP contribution in [0, 0.1) is 11.7 Å². The lowest BCUT2D eigenvalue weighted by Gasteiger charge is -2.19. The predicted molar refractivity (Wildman–Crippen MR) is 84.8 cm³/mol. The molecule has 1 aromatic rings. The van der Waals surface area contributed by atoms with Crippen molar-refractivity contribution in [3.05, 3.63) is 40.6 Å². The van der Waals surface area contributed by atoms with Gasteiger partial charge in [0, 0.05) is 4.47 Å². The molecule has 4 nitrogen and oxygen atoms in total. The zero-order valence-corrected chi connectivity index (χ0v) is 13.7. The summed E-state index contributed by atoms with van der Waals surface area (Å²) in [7, 11) is 0. The molecule has 6 heteroatoms. The third-order valence-corrected chi connectivity index (χ3v) is 3.95. The standard InChI is InChI=1S/C16H17BrFNO3/c1-10(22-16(21)11-5-3-2-4-6-11)15(20)19-14-8-7-12(17)9-13(14)18/h2-3,7-11H,4-6H2,1H3,(H,19,20)/t10-,11+/m1/s1. The summed E-state index contributed by atoms with van der Waals surface area (Å²) >= 11 is 3.14. The van der Waals surface area contributed by atoms with Crippen molar-refractivity contribution in [3.63, 3.8) is 0 Å². The first-order chi connectivity index (χ1) is 10.5. The van der Waals surface area contributed by atoms with Crippen LogP contribution >= 0.6 is 15.9 Å². The van der Waals surface area contributed by atoms with E-state index in [4.69, 9.17) is 4.74 Å². The van der Waals surface area contributed by atoms with E-state index in [9.17, 15) is 14.0 Å². The molecule has 1 aliphatic carbocycles. The van der Waals surface area contributed by atoms with Gasteiger partial charge in [0.05, 0.1) is 11.6 Å². The van der Waals surface area contributed by atoms with E-state index < -0.39 is 17.8 Å². The van der Waals surface area contributed by atoms with Gasteiger partial charge in [0.1, 0.15) is 5.82 Å². The molecule has 118 valence electrons. The van der Waals surface area contributed by atoms with E-state index >= 15 is 0 Å². The van der Waals surface area contributed by atoms with Crippen LogP contribution < -0.4 is 5.32 Å². The fourth-order valence-electron chi connectivity index (χ4n) is 2.16. The number of rotatable bonds is 4. The van der Waals surface area contributed by atoms with Gasteiger partial charge in [-0.3, -0.25) is 9.59 Å². The van der Waals surface area contributed by atoms with E-state index in [1.54, 1.807) is 6.07 Å². The molecule has 0 radical (unpaired) electrons. The summed E-state index contributed by atoms with van der Waals surface area (Å²) in [6.45, 7) is 1.47. The molecule has 1 aromatic carbocycles. The number of nitrogens with one attached hydrogen (secondary N) is 1. The van der Waals surface area contributed by atoms with Gasteiger partial charge in [0.2, 0.25) is 0 Å². The Bertz CT molecular complexity index is 603. The van der Waals surface area contributed by atoms with Gasteiger partial charge in [-0.15, -0.1) is 0 Å². The molecule has 0 bridgehead atoms. The molecule has 1 N–H and O–H groups in total. The van der Waals surface area contributed by atoms with Crippen LogP contribution in [-0.4, -0.2) is 18.0 Å². The third-order valence-electron chi connectivity index (χ3n) is 3.45. The van der Waals surface area contributed by atoms with Gasteiger partial charge in [0.15, 0.2) is 6.10 Å². The fourth-order valence-corrected chi connectivity index (χ4v) is 2.49. The van der Waals surface area contributed by atoms with Crippen molar-refractivity contribution in [1.29, 1.82) is 0 Å². The van der Waals surface area contributed by atoms with Gasteiger partial charge in [-0.2, -0.15) is 0 Å². The molecule has 1 amide bonds. The van der Waals surface area contributed by atoms with Crippen molar-refractivity contribution in [2.24, 2.45) is 5.92 Å². The number of carbonyl (C=O) groups excluding carboxylic acids is 2. The molecule has 0 heterocycles. The lowest BCUT2D eigenvalue weighted by Crippen LogP contribution is -2.32. The van der Waals surface area contributed by atoms with Crippen molar-refractivity contribution in [1.82, 2.24) is 0 Å². The number of carbonyl (C=O) groups is 2. The first-order valence-corrected chi connectivity index (χ1v) is 7.88. The average Bonchev–Trinajstić information content (AvgIpc) is 2.50. The van der Waals surface area contributed by atoms with Crippen LogP contribution in [0.25, 0.3) is 0 Å². The SMILES string of the molecule is C[C@@H](OC(=O)[C@H]1CC=CCC1)C(=O)Nc1ccc(Br)cc1F. The van der Waals surface area contributed by atoms with Gasteiger partial charge in [-0.1, -0.05) is 28.1 Å². The number of benzene rings is 1. The summed E-state index contributed by atoms with van der Waals surface area (Å²) in [5.41, 5.74) is 0.0525. The third kappa shape index (κ3) is 4.40. The van der Waals surface area contributed by atoms with Gasteiger partial charge < -0.3 is 10.1 Å². The maximum absolute atomic E-state index is 13.7. The Balaban J connectivity index is 1.91. The minimum absolute atomic E-state index is 0.0525. The molecule has 0 fully saturated rings. The molecule has 0 aromatic heterocycles. The summed E-state index contributed by atoms with van der Waals surface area (Å²) in [6, 6.07) is 4.31. The first-order valence-electron chi connectivity index (χ1n) is 7.09. The highest BCUT2D eigenvalue weighted by atomic mass is 79.9. The smallest absolute Gasteiger partial charge is 0.310 e. The second-order valence-corrected chi connectivity index (χ2v) is 6.09. The molecule has 1 aliphatic rings. The van der Waals surface area contributed by atoms with Gasteiger partial charge in [-0.05, 0) is 44.4 Å². The van der Waals surface area contributed by atoms with Crippen molar-refractivity contribution in [2.75, 3.05) is 5.32 Å². The summed E-state index contributed by atoms with van der Waals surface area (Å²) in [6.07, 6.45) is 5.19. The Labute approximate surface area is 136 Å². The maximum Gasteiger partial charge on any atom is 0.310 e. The summed E-state index contributed by atoms with van der Waals surface area (Å²) in [4.78, 5) is 23.9. The zero-order chi connectivity index (χ0) is 16.1. The van der Waals surface area contributed by atoms with Crippen LogP contribution in [0.4, 0.5) is 10.1 Å². The van der Waals surface area contributed by atoms with Crippen LogP contribution in [0.2, 0.25) is 0 Å².